The second-order valence-corrected chi connectivity index (χ2v) is 7.61. The largest absolute Gasteiger partial charge is 0.459 e. The standard InChI is InChI=1S/C22H22FN3O3/c1-11(2)19(20-12(3)17-9-14(23)4-7-18(17)29-20)26-22(28)25-15-5-6-16-13(8-15)10-24-21(16)27/h4-9,11,19H,10H2,1-3H3,(H,24,27)(H2,25,26,28)/t19-/m0/s1. The SMILES string of the molecule is Cc1c([C@@H](NC(=O)Nc2ccc3c(c2)CNC3=O)C(C)C)oc2ccc(F)cc12. The van der Waals surface area contributed by atoms with E-state index in [1.807, 2.05) is 20.8 Å². The van der Waals surface area contributed by atoms with Crippen molar-refractivity contribution in [1.82, 2.24) is 10.6 Å². The van der Waals surface area contributed by atoms with Crippen LogP contribution in [0.1, 0.15) is 47.1 Å². The molecular weight excluding hydrogens is 373 g/mol. The zero-order valence-electron chi connectivity index (χ0n) is 16.4. The maximum atomic E-state index is 13.6. The van der Waals surface area contributed by atoms with Crippen LogP contribution in [-0.2, 0) is 6.54 Å². The van der Waals surface area contributed by atoms with Crippen molar-refractivity contribution in [2.45, 2.75) is 33.4 Å². The Bertz CT molecular complexity index is 1120. The first kappa shape index (κ1) is 19.0. The summed E-state index contributed by atoms with van der Waals surface area (Å²) in [4.78, 5) is 24.3. The molecule has 0 saturated carbocycles. The molecule has 0 radical (unpaired) electrons. The van der Waals surface area contributed by atoms with Gasteiger partial charge in [0, 0.05) is 28.7 Å². The third-order valence-corrected chi connectivity index (χ3v) is 5.22. The van der Waals surface area contributed by atoms with E-state index >= 15 is 0 Å². The monoisotopic (exact) mass is 395 g/mol. The topological polar surface area (TPSA) is 83.4 Å². The molecule has 2 aromatic carbocycles. The number of rotatable bonds is 4. The van der Waals surface area contributed by atoms with Gasteiger partial charge in [-0.05, 0) is 54.8 Å². The van der Waals surface area contributed by atoms with Crippen LogP contribution in [0.4, 0.5) is 14.9 Å². The number of aryl methyl sites for hydroxylation is 1. The van der Waals surface area contributed by atoms with Gasteiger partial charge in [0.2, 0.25) is 0 Å². The zero-order chi connectivity index (χ0) is 20.7. The maximum Gasteiger partial charge on any atom is 0.319 e. The van der Waals surface area contributed by atoms with Gasteiger partial charge in [-0.15, -0.1) is 0 Å². The Morgan fingerprint density at radius 2 is 2.00 bits per heavy atom. The van der Waals surface area contributed by atoms with Gasteiger partial charge in [0.15, 0.2) is 0 Å². The van der Waals surface area contributed by atoms with E-state index in [0.717, 1.165) is 11.1 Å². The Morgan fingerprint density at radius 1 is 1.21 bits per heavy atom. The zero-order valence-corrected chi connectivity index (χ0v) is 16.4. The molecule has 1 aliphatic heterocycles. The molecule has 3 N–H and O–H groups in total. The summed E-state index contributed by atoms with van der Waals surface area (Å²) in [7, 11) is 0. The average molecular weight is 395 g/mol. The first-order valence-corrected chi connectivity index (χ1v) is 9.50. The van der Waals surface area contributed by atoms with Crippen LogP contribution in [0.2, 0.25) is 0 Å². The van der Waals surface area contributed by atoms with Crippen LogP contribution in [0.25, 0.3) is 11.0 Å². The number of hydrogen-bond acceptors (Lipinski definition) is 3. The Balaban J connectivity index is 1.55. The fourth-order valence-corrected chi connectivity index (χ4v) is 3.66. The summed E-state index contributed by atoms with van der Waals surface area (Å²) in [6, 6.07) is 8.80. The molecule has 29 heavy (non-hydrogen) atoms. The van der Waals surface area contributed by atoms with Crippen molar-refractivity contribution in [1.29, 1.82) is 0 Å². The lowest BCUT2D eigenvalue weighted by Crippen LogP contribution is -2.35. The van der Waals surface area contributed by atoms with Gasteiger partial charge in [0.25, 0.3) is 5.91 Å². The summed E-state index contributed by atoms with van der Waals surface area (Å²) in [6.07, 6.45) is 0. The summed E-state index contributed by atoms with van der Waals surface area (Å²) >= 11 is 0. The normalized spacial score (nSPS) is 14.0. The third-order valence-electron chi connectivity index (χ3n) is 5.22. The van der Waals surface area contributed by atoms with Crippen LogP contribution in [-0.4, -0.2) is 11.9 Å². The summed E-state index contributed by atoms with van der Waals surface area (Å²) in [6.45, 7) is 6.27. The molecule has 0 unspecified atom stereocenters. The van der Waals surface area contributed by atoms with Crippen molar-refractivity contribution in [2.24, 2.45) is 5.92 Å². The van der Waals surface area contributed by atoms with Crippen molar-refractivity contribution in [3.8, 4) is 0 Å². The third kappa shape index (κ3) is 3.55. The lowest BCUT2D eigenvalue weighted by atomic mass is 9.98. The lowest BCUT2D eigenvalue weighted by molar-refractivity contribution is 0.0965. The second-order valence-electron chi connectivity index (χ2n) is 7.61. The van der Waals surface area contributed by atoms with Crippen molar-refractivity contribution in [3.63, 3.8) is 0 Å². The van der Waals surface area contributed by atoms with E-state index in [-0.39, 0.29) is 29.7 Å². The molecule has 7 heteroatoms. The van der Waals surface area contributed by atoms with Crippen LogP contribution in [0, 0.1) is 18.7 Å². The smallest absolute Gasteiger partial charge is 0.319 e. The summed E-state index contributed by atoms with van der Waals surface area (Å²) < 4.78 is 19.6. The van der Waals surface area contributed by atoms with Gasteiger partial charge in [-0.2, -0.15) is 0 Å². The highest BCUT2D eigenvalue weighted by molar-refractivity contribution is 5.99. The van der Waals surface area contributed by atoms with Crippen LogP contribution < -0.4 is 16.0 Å². The van der Waals surface area contributed by atoms with Crippen LogP contribution in [0.5, 0.6) is 0 Å². The van der Waals surface area contributed by atoms with Crippen molar-refractivity contribution in [3.05, 3.63) is 64.7 Å². The fourth-order valence-electron chi connectivity index (χ4n) is 3.66. The molecule has 3 amide bonds. The highest BCUT2D eigenvalue weighted by Gasteiger charge is 2.26. The minimum atomic E-state index is -0.386. The molecule has 0 aliphatic carbocycles. The van der Waals surface area contributed by atoms with Crippen molar-refractivity contribution >= 4 is 28.6 Å². The molecule has 1 aliphatic rings. The summed E-state index contributed by atoms with van der Waals surface area (Å²) in [5.74, 6) is 0.225. The first-order valence-electron chi connectivity index (χ1n) is 9.50. The predicted molar refractivity (Wildman–Crippen MR) is 108 cm³/mol. The number of carbonyl (C=O) groups excluding carboxylic acids is 2. The van der Waals surface area contributed by atoms with E-state index in [1.165, 1.54) is 12.1 Å². The fraction of sp³-hybridized carbons (Fsp3) is 0.273. The van der Waals surface area contributed by atoms with Crippen molar-refractivity contribution < 1.29 is 18.4 Å². The Hall–Kier alpha value is -3.35. The van der Waals surface area contributed by atoms with Gasteiger partial charge in [-0.1, -0.05) is 13.8 Å². The number of urea groups is 1. The van der Waals surface area contributed by atoms with Crippen molar-refractivity contribution in [2.75, 3.05) is 5.32 Å². The number of amides is 3. The highest BCUT2D eigenvalue weighted by atomic mass is 19.1. The molecule has 0 fully saturated rings. The number of halogens is 1. The second kappa shape index (κ2) is 7.24. The lowest BCUT2D eigenvalue weighted by Gasteiger charge is -2.21. The number of hydrogen-bond donors (Lipinski definition) is 3. The van der Waals surface area contributed by atoms with Crippen LogP contribution >= 0.6 is 0 Å². The van der Waals surface area contributed by atoms with E-state index in [4.69, 9.17) is 4.42 Å². The highest BCUT2D eigenvalue weighted by Crippen LogP contribution is 2.33. The molecule has 0 bridgehead atoms. The average Bonchev–Trinajstić information content (AvgIpc) is 3.20. The number of anilines is 1. The molecule has 1 aromatic heterocycles. The van der Waals surface area contributed by atoms with E-state index in [2.05, 4.69) is 16.0 Å². The molecule has 6 nitrogen and oxygen atoms in total. The predicted octanol–water partition coefficient (Wildman–Crippen LogP) is 4.64. The number of carbonyl (C=O) groups is 2. The molecule has 3 aromatic rings. The number of fused-ring (bicyclic) bond motifs is 2. The van der Waals surface area contributed by atoms with E-state index in [9.17, 15) is 14.0 Å². The number of benzene rings is 2. The Kier molecular flexibility index (Phi) is 4.74. The molecule has 0 spiro atoms. The Morgan fingerprint density at radius 3 is 2.76 bits per heavy atom. The van der Waals surface area contributed by atoms with Crippen LogP contribution in [0.15, 0.2) is 40.8 Å². The van der Waals surface area contributed by atoms with E-state index in [1.54, 1.807) is 24.3 Å². The van der Waals surface area contributed by atoms with Gasteiger partial charge >= 0.3 is 6.03 Å². The quantitative estimate of drug-likeness (QED) is 0.602. The van der Waals surface area contributed by atoms with Gasteiger partial charge < -0.3 is 20.4 Å². The number of nitrogens with one attached hydrogen (secondary N) is 3. The molecule has 2 heterocycles. The molecule has 4 rings (SSSR count). The van der Waals surface area contributed by atoms with Gasteiger partial charge in [0.05, 0.1) is 6.04 Å². The molecule has 0 saturated heterocycles. The van der Waals surface area contributed by atoms with Gasteiger partial charge in [-0.25, -0.2) is 9.18 Å². The minimum absolute atomic E-state index is 0.0479. The van der Waals surface area contributed by atoms with Crippen LogP contribution in [0.3, 0.4) is 0 Å². The number of furan rings is 1. The molecule has 150 valence electrons. The maximum absolute atomic E-state index is 13.6. The van der Waals surface area contributed by atoms with E-state index < -0.39 is 0 Å². The molecule has 1 atom stereocenters. The Labute approximate surface area is 167 Å². The van der Waals surface area contributed by atoms with Gasteiger partial charge in [-0.3, -0.25) is 4.79 Å². The van der Waals surface area contributed by atoms with Gasteiger partial charge in [0.1, 0.15) is 17.2 Å². The summed E-state index contributed by atoms with van der Waals surface area (Å²) in [5.41, 5.74) is 3.47. The minimum Gasteiger partial charge on any atom is -0.459 e. The summed E-state index contributed by atoms with van der Waals surface area (Å²) in [5, 5.41) is 9.22. The van der Waals surface area contributed by atoms with E-state index in [0.29, 0.717) is 34.5 Å². The molecular formula is C22H22FN3O3. The first-order chi connectivity index (χ1) is 13.8.